The van der Waals surface area contributed by atoms with Gasteiger partial charge in [-0.2, -0.15) is 0 Å². The number of benzene rings is 1. The van der Waals surface area contributed by atoms with Crippen molar-refractivity contribution in [2.45, 2.75) is 33.7 Å². The van der Waals surface area contributed by atoms with Gasteiger partial charge in [0.05, 0.1) is 17.4 Å². The Labute approximate surface area is 123 Å². The maximum Gasteiger partial charge on any atom is 0.185 e. The number of hydrogen-bond donors (Lipinski definition) is 0. The van der Waals surface area contributed by atoms with Crippen molar-refractivity contribution in [1.29, 1.82) is 0 Å². The molecule has 0 spiro atoms. The molecule has 0 saturated carbocycles. The lowest BCUT2D eigenvalue weighted by molar-refractivity contribution is 0.110. The van der Waals surface area contributed by atoms with Crippen LogP contribution in [0, 0.1) is 13.8 Å². The monoisotopic (exact) mass is 282 g/mol. The zero-order chi connectivity index (χ0) is 15.1. The standard InChI is InChI=1S/C17H18N2O2/c1-10(2)19-9-18-17-14(19)7-11(3)12(4)16(17)15-6-5-13(8-20)21-15/h5-10H,1-4H3. The van der Waals surface area contributed by atoms with Crippen molar-refractivity contribution in [3.05, 3.63) is 41.4 Å². The number of aromatic nitrogens is 2. The molecule has 0 fully saturated rings. The van der Waals surface area contributed by atoms with E-state index in [1.54, 1.807) is 6.07 Å². The number of fused-ring (bicyclic) bond motifs is 1. The van der Waals surface area contributed by atoms with Crippen molar-refractivity contribution < 1.29 is 9.21 Å². The van der Waals surface area contributed by atoms with Gasteiger partial charge in [-0.25, -0.2) is 4.98 Å². The summed E-state index contributed by atoms with van der Waals surface area (Å²) in [5.41, 5.74) is 5.29. The van der Waals surface area contributed by atoms with Crippen LogP contribution in [0.15, 0.2) is 28.9 Å². The Balaban J connectivity index is 2.35. The minimum atomic E-state index is 0.336. The fourth-order valence-electron chi connectivity index (χ4n) is 2.66. The molecule has 2 aromatic heterocycles. The highest BCUT2D eigenvalue weighted by Crippen LogP contribution is 2.34. The quantitative estimate of drug-likeness (QED) is 0.673. The molecule has 3 aromatic rings. The van der Waals surface area contributed by atoms with Gasteiger partial charge in [0.25, 0.3) is 0 Å². The van der Waals surface area contributed by atoms with E-state index in [4.69, 9.17) is 4.42 Å². The van der Waals surface area contributed by atoms with Gasteiger partial charge in [0.15, 0.2) is 12.0 Å². The topological polar surface area (TPSA) is 48.0 Å². The van der Waals surface area contributed by atoms with E-state index in [0.29, 0.717) is 17.6 Å². The number of aryl methyl sites for hydroxylation is 1. The van der Waals surface area contributed by atoms with Crippen molar-refractivity contribution in [2.24, 2.45) is 0 Å². The zero-order valence-electron chi connectivity index (χ0n) is 12.7. The summed E-state index contributed by atoms with van der Waals surface area (Å²) in [4.78, 5) is 15.4. The molecule has 0 aliphatic heterocycles. The van der Waals surface area contributed by atoms with Crippen LogP contribution in [0.25, 0.3) is 22.4 Å². The normalized spacial score (nSPS) is 11.5. The smallest absolute Gasteiger partial charge is 0.185 e. The second-order valence-electron chi connectivity index (χ2n) is 5.63. The van der Waals surface area contributed by atoms with Crippen molar-refractivity contribution in [1.82, 2.24) is 9.55 Å². The number of imidazole rings is 1. The molecule has 0 atom stereocenters. The van der Waals surface area contributed by atoms with Crippen molar-refractivity contribution in [3.63, 3.8) is 0 Å². The molecule has 0 radical (unpaired) electrons. The van der Waals surface area contributed by atoms with Gasteiger partial charge in [0, 0.05) is 11.6 Å². The molecule has 0 unspecified atom stereocenters. The number of carbonyl (C=O) groups is 1. The second kappa shape index (κ2) is 4.88. The summed E-state index contributed by atoms with van der Waals surface area (Å²) in [7, 11) is 0. The molecule has 108 valence electrons. The Hall–Kier alpha value is -2.36. The Bertz CT molecular complexity index is 825. The summed E-state index contributed by atoms with van der Waals surface area (Å²) in [6.45, 7) is 8.40. The highest BCUT2D eigenvalue weighted by atomic mass is 16.3. The number of carbonyl (C=O) groups excluding carboxylic acids is 1. The van der Waals surface area contributed by atoms with E-state index >= 15 is 0 Å². The van der Waals surface area contributed by atoms with Crippen LogP contribution in [0.1, 0.15) is 41.6 Å². The Morgan fingerprint density at radius 3 is 2.67 bits per heavy atom. The molecule has 0 bridgehead atoms. The molecule has 1 aromatic carbocycles. The highest BCUT2D eigenvalue weighted by molar-refractivity contribution is 5.94. The minimum Gasteiger partial charge on any atom is -0.453 e. The summed E-state index contributed by atoms with van der Waals surface area (Å²) in [5.74, 6) is 1.03. The summed E-state index contributed by atoms with van der Waals surface area (Å²) in [6, 6.07) is 6.02. The van der Waals surface area contributed by atoms with E-state index in [1.165, 1.54) is 5.56 Å². The third-order valence-corrected chi connectivity index (χ3v) is 3.93. The molecule has 0 saturated heterocycles. The summed E-state index contributed by atoms with van der Waals surface area (Å²) in [5, 5.41) is 0. The van der Waals surface area contributed by atoms with Gasteiger partial charge in [-0.3, -0.25) is 4.79 Å². The third-order valence-electron chi connectivity index (χ3n) is 3.93. The first kappa shape index (κ1) is 13.6. The van der Waals surface area contributed by atoms with Crippen LogP contribution in [0.5, 0.6) is 0 Å². The van der Waals surface area contributed by atoms with Crippen LogP contribution in [0.4, 0.5) is 0 Å². The van der Waals surface area contributed by atoms with Gasteiger partial charge in [-0.05, 0) is 57.0 Å². The van der Waals surface area contributed by atoms with Crippen LogP contribution >= 0.6 is 0 Å². The summed E-state index contributed by atoms with van der Waals surface area (Å²) in [6.07, 6.45) is 2.58. The predicted molar refractivity (Wildman–Crippen MR) is 82.7 cm³/mol. The van der Waals surface area contributed by atoms with E-state index in [2.05, 4.69) is 43.3 Å². The average Bonchev–Trinajstić information content (AvgIpc) is 3.06. The lowest BCUT2D eigenvalue weighted by Crippen LogP contribution is -1.99. The summed E-state index contributed by atoms with van der Waals surface area (Å²) < 4.78 is 7.76. The summed E-state index contributed by atoms with van der Waals surface area (Å²) >= 11 is 0. The molecule has 4 heteroatoms. The van der Waals surface area contributed by atoms with Crippen molar-refractivity contribution in [2.75, 3.05) is 0 Å². The number of nitrogens with zero attached hydrogens (tertiary/aromatic N) is 2. The van der Waals surface area contributed by atoms with Crippen molar-refractivity contribution >= 4 is 17.3 Å². The van der Waals surface area contributed by atoms with E-state index in [9.17, 15) is 4.79 Å². The molecule has 2 heterocycles. The molecule has 4 nitrogen and oxygen atoms in total. The predicted octanol–water partition coefficient (Wildman–Crippen LogP) is 4.31. The van der Waals surface area contributed by atoms with Gasteiger partial charge in [0.1, 0.15) is 5.76 Å². The van der Waals surface area contributed by atoms with Crippen LogP contribution in [0.2, 0.25) is 0 Å². The third kappa shape index (κ3) is 2.07. The first-order chi connectivity index (χ1) is 10.0. The largest absolute Gasteiger partial charge is 0.453 e. The maximum atomic E-state index is 10.8. The first-order valence-corrected chi connectivity index (χ1v) is 7.05. The first-order valence-electron chi connectivity index (χ1n) is 7.05. The SMILES string of the molecule is Cc1cc2c(ncn2C(C)C)c(-c2ccc(C=O)o2)c1C. The molecular formula is C17H18N2O2. The molecule has 0 N–H and O–H groups in total. The van der Waals surface area contributed by atoms with Crippen LogP contribution in [0.3, 0.4) is 0 Å². The average molecular weight is 282 g/mol. The van der Waals surface area contributed by atoms with Crippen molar-refractivity contribution in [3.8, 4) is 11.3 Å². The van der Waals surface area contributed by atoms with E-state index in [1.807, 2.05) is 12.4 Å². The fourth-order valence-corrected chi connectivity index (χ4v) is 2.66. The van der Waals surface area contributed by atoms with E-state index < -0.39 is 0 Å². The maximum absolute atomic E-state index is 10.8. The van der Waals surface area contributed by atoms with Crippen LogP contribution in [-0.2, 0) is 0 Å². The number of hydrogen-bond acceptors (Lipinski definition) is 3. The van der Waals surface area contributed by atoms with Gasteiger partial charge >= 0.3 is 0 Å². The van der Waals surface area contributed by atoms with E-state index in [-0.39, 0.29) is 0 Å². The highest BCUT2D eigenvalue weighted by Gasteiger charge is 2.17. The van der Waals surface area contributed by atoms with Crippen LogP contribution in [-0.4, -0.2) is 15.8 Å². The molecular weight excluding hydrogens is 264 g/mol. The number of furan rings is 1. The Morgan fingerprint density at radius 1 is 1.29 bits per heavy atom. The zero-order valence-corrected chi connectivity index (χ0v) is 12.7. The fraction of sp³-hybridized carbons (Fsp3) is 0.294. The number of rotatable bonds is 3. The second-order valence-corrected chi connectivity index (χ2v) is 5.63. The molecule has 0 amide bonds. The lowest BCUT2D eigenvalue weighted by Gasteiger charge is -2.12. The lowest BCUT2D eigenvalue weighted by atomic mass is 9.99. The Morgan fingerprint density at radius 2 is 2.05 bits per heavy atom. The minimum absolute atomic E-state index is 0.336. The van der Waals surface area contributed by atoms with Gasteiger partial charge < -0.3 is 8.98 Å². The molecule has 3 rings (SSSR count). The van der Waals surface area contributed by atoms with Gasteiger partial charge in [0.2, 0.25) is 0 Å². The van der Waals surface area contributed by atoms with Gasteiger partial charge in [-0.1, -0.05) is 0 Å². The van der Waals surface area contributed by atoms with Gasteiger partial charge in [-0.15, -0.1) is 0 Å². The molecule has 0 aliphatic rings. The number of aldehydes is 1. The van der Waals surface area contributed by atoms with E-state index in [0.717, 1.165) is 28.4 Å². The van der Waals surface area contributed by atoms with Crippen LogP contribution < -0.4 is 0 Å². The molecule has 0 aliphatic carbocycles. The Kier molecular flexibility index (Phi) is 3.16. The molecule has 21 heavy (non-hydrogen) atoms.